The Balaban J connectivity index is 2.65. The summed E-state index contributed by atoms with van der Waals surface area (Å²) in [6.45, 7) is 0. The number of carboxylic acid groups (broad SMARTS) is 1. The highest BCUT2D eigenvalue weighted by Gasteiger charge is 2.19. The van der Waals surface area contributed by atoms with Crippen LogP contribution in [-0.2, 0) is 0 Å². The Bertz CT molecular complexity index is 587. The Hall–Kier alpha value is -2.37. The summed E-state index contributed by atoms with van der Waals surface area (Å²) in [5.41, 5.74) is -1.25. The van der Waals surface area contributed by atoms with E-state index in [1.54, 1.807) is 0 Å². The summed E-state index contributed by atoms with van der Waals surface area (Å²) >= 11 is 0. The number of aromatic carboxylic acids is 1. The minimum atomic E-state index is -1.53. The number of hydrogen-bond acceptors (Lipinski definition) is 3. The van der Waals surface area contributed by atoms with E-state index in [9.17, 15) is 13.6 Å². The second kappa shape index (κ2) is 4.25. The maximum absolute atomic E-state index is 13.7. The van der Waals surface area contributed by atoms with Gasteiger partial charge in [-0.05, 0) is 12.1 Å². The number of hydrogen-bond donors (Lipinski definition) is 1. The molecule has 0 unspecified atom stereocenters. The Morgan fingerprint density at radius 3 is 2.53 bits per heavy atom. The molecule has 0 atom stereocenters. The first kappa shape index (κ1) is 11.1. The lowest BCUT2D eigenvalue weighted by molar-refractivity contribution is 0.0684. The molecule has 17 heavy (non-hydrogen) atoms. The average Bonchev–Trinajstić information content (AvgIpc) is 2.30. The van der Waals surface area contributed by atoms with Crippen LogP contribution in [0.4, 0.5) is 8.78 Å². The second-order valence-corrected chi connectivity index (χ2v) is 3.17. The predicted molar refractivity (Wildman–Crippen MR) is 54.3 cm³/mol. The van der Waals surface area contributed by atoms with Crippen LogP contribution in [0.15, 0.2) is 30.6 Å². The highest BCUT2D eigenvalue weighted by atomic mass is 19.1. The molecule has 0 amide bonds. The molecular formula is C11H6F2N2O2. The lowest BCUT2D eigenvalue weighted by Crippen LogP contribution is -2.07. The van der Waals surface area contributed by atoms with Crippen LogP contribution in [0.5, 0.6) is 0 Å². The molecule has 0 radical (unpaired) electrons. The van der Waals surface area contributed by atoms with Gasteiger partial charge in [0.15, 0.2) is 11.5 Å². The first-order valence-electron chi connectivity index (χ1n) is 4.60. The van der Waals surface area contributed by atoms with Gasteiger partial charge in [-0.25, -0.2) is 23.5 Å². The van der Waals surface area contributed by atoms with Gasteiger partial charge >= 0.3 is 5.97 Å². The van der Waals surface area contributed by atoms with Crippen molar-refractivity contribution in [3.8, 4) is 11.3 Å². The molecule has 0 spiro atoms. The zero-order valence-electron chi connectivity index (χ0n) is 8.39. The van der Waals surface area contributed by atoms with Crippen LogP contribution in [0.2, 0.25) is 0 Å². The van der Waals surface area contributed by atoms with E-state index in [0.29, 0.717) is 0 Å². The minimum Gasteiger partial charge on any atom is -0.476 e. The van der Waals surface area contributed by atoms with Gasteiger partial charge in [-0.15, -0.1) is 0 Å². The summed E-state index contributed by atoms with van der Waals surface area (Å²) in [5.74, 6) is -3.35. The topological polar surface area (TPSA) is 63.1 Å². The van der Waals surface area contributed by atoms with Crippen molar-refractivity contribution >= 4 is 5.97 Å². The Morgan fingerprint density at radius 2 is 1.88 bits per heavy atom. The third kappa shape index (κ3) is 1.96. The molecule has 2 aromatic rings. The number of carbonyl (C=O) groups is 1. The summed E-state index contributed by atoms with van der Waals surface area (Å²) in [4.78, 5) is 17.5. The standard InChI is InChI=1S/C11H6F2N2O2/c12-7-4-2-1-3-6(7)9-8(13)10(11(16)17)15-5-14-9/h1-5H,(H,16,17). The summed E-state index contributed by atoms with van der Waals surface area (Å²) in [6, 6.07) is 5.39. The van der Waals surface area contributed by atoms with Crippen molar-refractivity contribution in [2.75, 3.05) is 0 Å². The summed E-state index contributed by atoms with van der Waals surface area (Å²) in [5, 5.41) is 8.68. The van der Waals surface area contributed by atoms with Crippen LogP contribution >= 0.6 is 0 Å². The molecule has 0 aliphatic heterocycles. The van der Waals surface area contributed by atoms with Gasteiger partial charge in [0, 0.05) is 5.56 Å². The minimum absolute atomic E-state index is 0.102. The maximum atomic E-state index is 13.7. The van der Waals surface area contributed by atoms with Gasteiger partial charge in [-0.2, -0.15) is 0 Å². The molecule has 2 rings (SSSR count). The molecule has 6 heteroatoms. The Kier molecular flexibility index (Phi) is 2.78. The molecule has 0 bridgehead atoms. The lowest BCUT2D eigenvalue weighted by atomic mass is 10.1. The van der Waals surface area contributed by atoms with E-state index in [0.717, 1.165) is 12.4 Å². The first-order valence-corrected chi connectivity index (χ1v) is 4.60. The van der Waals surface area contributed by atoms with Gasteiger partial charge in [-0.3, -0.25) is 0 Å². The summed E-state index contributed by atoms with van der Waals surface area (Å²) < 4.78 is 27.1. The van der Waals surface area contributed by atoms with Crippen LogP contribution in [0.1, 0.15) is 10.5 Å². The Labute approximate surface area is 94.6 Å². The largest absolute Gasteiger partial charge is 0.476 e. The van der Waals surface area contributed by atoms with Gasteiger partial charge in [0.25, 0.3) is 0 Å². The molecule has 1 aromatic carbocycles. The van der Waals surface area contributed by atoms with E-state index in [-0.39, 0.29) is 11.3 Å². The van der Waals surface area contributed by atoms with Crippen LogP contribution in [-0.4, -0.2) is 21.0 Å². The van der Waals surface area contributed by atoms with Gasteiger partial charge in [0.2, 0.25) is 0 Å². The van der Waals surface area contributed by atoms with Crippen molar-refractivity contribution in [2.24, 2.45) is 0 Å². The highest BCUT2D eigenvalue weighted by Crippen LogP contribution is 2.23. The van der Waals surface area contributed by atoms with Gasteiger partial charge in [0.05, 0.1) is 0 Å². The number of benzene rings is 1. The molecule has 0 aliphatic rings. The van der Waals surface area contributed by atoms with Crippen molar-refractivity contribution in [1.29, 1.82) is 0 Å². The molecule has 1 heterocycles. The summed E-state index contributed by atoms with van der Waals surface area (Å²) in [6.07, 6.45) is 0.883. The fourth-order valence-corrected chi connectivity index (χ4v) is 1.36. The molecular weight excluding hydrogens is 230 g/mol. The van der Waals surface area contributed by atoms with E-state index in [2.05, 4.69) is 9.97 Å². The molecule has 4 nitrogen and oxygen atoms in total. The fourth-order valence-electron chi connectivity index (χ4n) is 1.36. The number of aromatic nitrogens is 2. The van der Waals surface area contributed by atoms with Crippen LogP contribution in [0.25, 0.3) is 11.3 Å². The van der Waals surface area contributed by atoms with Crippen LogP contribution in [0.3, 0.4) is 0 Å². The van der Waals surface area contributed by atoms with E-state index < -0.39 is 23.3 Å². The summed E-state index contributed by atoms with van der Waals surface area (Å²) in [7, 11) is 0. The third-order valence-corrected chi connectivity index (χ3v) is 2.12. The molecule has 86 valence electrons. The predicted octanol–water partition coefficient (Wildman–Crippen LogP) is 2.12. The van der Waals surface area contributed by atoms with Crippen molar-refractivity contribution in [3.63, 3.8) is 0 Å². The molecule has 1 aromatic heterocycles. The molecule has 0 saturated heterocycles. The molecule has 0 fully saturated rings. The second-order valence-electron chi connectivity index (χ2n) is 3.17. The molecule has 0 saturated carbocycles. The fraction of sp³-hybridized carbons (Fsp3) is 0. The molecule has 0 aliphatic carbocycles. The quantitative estimate of drug-likeness (QED) is 0.867. The van der Waals surface area contributed by atoms with E-state index in [4.69, 9.17) is 5.11 Å². The third-order valence-electron chi connectivity index (χ3n) is 2.12. The van der Waals surface area contributed by atoms with Crippen molar-refractivity contribution in [1.82, 2.24) is 9.97 Å². The number of carboxylic acids is 1. The SMILES string of the molecule is O=C(O)c1ncnc(-c2ccccc2F)c1F. The zero-order valence-corrected chi connectivity index (χ0v) is 8.39. The number of rotatable bonds is 2. The molecule has 1 N–H and O–H groups in total. The van der Waals surface area contributed by atoms with Crippen molar-refractivity contribution < 1.29 is 18.7 Å². The van der Waals surface area contributed by atoms with Crippen LogP contribution in [0, 0.1) is 11.6 Å². The first-order chi connectivity index (χ1) is 8.11. The van der Waals surface area contributed by atoms with Crippen molar-refractivity contribution in [3.05, 3.63) is 47.9 Å². The van der Waals surface area contributed by atoms with Gasteiger partial charge in [-0.1, -0.05) is 12.1 Å². The normalized spacial score (nSPS) is 10.2. The zero-order chi connectivity index (χ0) is 12.4. The maximum Gasteiger partial charge on any atom is 0.357 e. The van der Waals surface area contributed by atoms with Gasteiger partial charge < -0.3 is 5.11 Å². The number of halogens is 2. The van der Waals surface area contributed by atoms with Gasteiger partial charge in [0.1, 0.15) is 17.8 Å². The highest BCUT2D eigenvalue weighted by molar-refractivity contribution is 5.87. The Morgan fingerprint density at radius 1 is 1.18 bits per heavy atom. The monoisotopic (exact) mass is 236 g/mol. The number of nitrogens with zero attached hydrogens (tertiary/aromatic N) is 2. The van der Waals surface area contributed by atoms with E-state index in [1.165, 1.54) is 18.2 Å². The van der Waals surface area contributed by atoms with Crippen molar-refractivity contribution in [2.45, 2.75) is 0 Å². The van der Waals surface area contributed by atoms with E-state index >= 15 is 0 Å². The smallest absolute Gasteiger partial charge is 0.357 e. The average molecular weight is 236 g/mol. The van der Waals surface area contributed by atoms with Crippen LogP contribution < -0.4 is 0 Å². The lowest BCUT2D eigenvalue weighted by Gasteiger charge is -2.04. The van der Waals surface area contributed by atoms with E-state index in [1.807, 2.05) is 0 Å².